The van der Waals surface area contributed by atoms with Crippen LogP contribution >= 0.6 is 0 Å². The second kappa shape index (κ2) is 6.13. The molecule has 1 aliphatic rings. The third-order valence-electron chi connectivity index (χ3n) is 4.59. The Labute approximate surface area is 140 Å². The Morgan fingerprint density at radius 2 is 1.88 bits per heavy atom. The van der Waals surface area contributed by atoms with Crippen molar-refractivity contribution in [3.05, 3.63) is 66.5 Å². The lowest BCUT2D eigenvalue weighted by atomic mass is 10.1. The first-order chi connectivity index (χ1) is 11.7. The number of halogens is 1. The number of benzene rings is 2. The Balaban J connectivity index is 1.67. The number of piperazine rings is 1. The van der Waals surface area contributed by atoms with E-state index in [0.717, 1.165) is 59.6 Å². The SMILES string of the molecule is C=C(c1ccc2[nH]c(-c3cccc(F)c3)cc2c1)N1CCNCC1. The second-order valence-corrected chi connectivity index (χ2v) is 6.18. The van der Waals surface area contributed by atoms with Crippen molar-refractivity contribution in [2.45, 2.75) is 0 Å². The molecular weight excluding hydrogens is 301 g/mol. The van der Waals surface area contributed by atoms with E-state index in [1.54, 1.807) is 12.1 Å². The summed E-state index contributed by atoms with van der Waals surface area (Å²) >= 11 is 0. The molecule has 2 heterocycles. The molecule has 4 heteroatoms. The first-order valence-corrected chi connectivity index (χ1v) is 8.24. The van der Waals surface area contributed by atoms with Crippen LogP contribution in [0.15, 0.2) is 55.1 Å². The largest absolute Gasteiger partial charge is 0.369 e. The van der Waals surface area contributed by atoms with Crippen molar-refractivity contribution in [2.75, 3.05) is 26.2 Å². The number of hydrogen-bond donors (Lipinski definition) is 2. The van der Waals surface area contributed by atoms with E-state index in [1.165, 1.54) is 6.07 Å². The number of aromatic amines is 1. The maximum atomic E-state index is 13.4. The number of rotatable bonds is 3. The van der Waals surface area contributed by atoms with Gasteiger partial charge in [-0.25, -0.2) is 4.39 Å². The fraction of sp³-hybridized carbons (Fsp3) is 0.200. The molecule has 4 rings (SSSR count). The molecule has 1 aliphatic heterocycles. The van der Waals surface area contributed by atoms with Gasteiger partial charge < -0.3 is 15.2 Å². The number of fused-ring (bicyclic) bond motifs is 1. The van der Waals surface area contributed by atoms with Crippen molar-refractivity contribution in [2.24, 2.45) is 0 Å². The Morgan fingerprint density at radius 3 is 2.67 bits per heavy atom. The molecule has 0 amide bonds. The van der Waals surface area contributed by atoms with Gasteiger partial charge in [-0.2, -0.15) is 0 Å². The standard InChI is InChI=1S/C20H20FN3/c1-14(24-9-7-22-8-10-24)15-5-6-19-17(11-15)13-20(23-19)16-3-2-4-18(21)12-16/h2-6,11-13,22-23H,1,7-10H2. The van der Waals surface area contributed by atoms with Crippen molar-refractivity contribution in [3.8, 4) is 11.3 Å². The van der Waals surface area contributed by atoms with Crippen LogP contribution in [0.1, 0.15) is 5.56 Å². The van der Waals surface area contributed by atoms with Gasteiger partial charge in [0.2, 0.25) is 0 Å². The van der Waals surface area contributed by atoms with Crippen LogP contribution in [0, 0.1) is 5.82 Å². The van der Waals surface area contributed by atoms with Crippen LogP contribution in [0.3, 0.4) is 0 Å². The van der Waals surface area contributed by atoms with E-state index in [1.807, 2.05) is 6.07 Å². The first-order valence-electron chi connectivity index (χ1n) is 8.24. The van der Waals surface area contributed by atoms with Gasteiger partial charge in [0.15, 0.2) is 0 Å². The van der Waals surface area contributed by atoms with Gasteiger partial charge in [-0.3, -0.25) is 0 Å². The summed E-state index contributed by atoms with van der Waals surface area (Å²) in [6.45, 7) is 8.23. The van der Waals surface area contributed by atoms with E-state index in [2.05, 4.69) is 46.0 Å². The summed E-state index contributed by atoms with van der Waals surface area (Å²) in [6, 6.07) is 15.0. The molecule has 122 valence electrons. The molecule has 1 aromatic heterocycles. The van der Waals surface area contributed by atoms with E-state index in [-0.39, 0.29) is 5.82 Å². The van der Waals surface area contributed by atoms with Gasteiger partial charge in [0.05, 0.1) is 0 Å². The summed E-state index contributed by atoms with van der Waals surface area (Å²) in [6.07, 6.45) is 0. The summed E-state index contributed by atoms with van der Waals surface area (Å²) in [4.78, 5) is 5.68. The van der Waals surface area contributed by atoms with E-state index >= 15 is 0 Å². The van der Waals surface area contributed by atoms with Crippen molar-refractivity contribution in [3.63, 3.8) is 0 Å². The quantitative estimate of drug-likeness (QED) is 0.768. The van der Waals surface area contributed by atoms with E-state index in [4.69, 9.17) is 0 Å². The van der Waals surface area contributed by atoms with Crippen LogP contribution in [-0.4, -0.2) is 36.1 Å². The van der Waals surface area contributed by atoms with Crippen molar-refractivity contribution < 1.29 is 4.39 Å². The summed E-state index contributed by atoms with van der Waals surface area (Å²) in [7, 11) is 0. The maximum Gasteiger partial charge on any atom is 0.123 e. The first kappa shape index (κ1) is 15.0. The van der Waals surface area contributed by atoms with Gasteiger partial charge in [0.1, 0.15) is 5.82 Å². The van der Waals surface area contributed by atoms with Crippen LogP contribution < -0.4 is 5.32 Å². The minimum Gasteiger partial charge on any atom is -0.369 e. The summed E-state index contributed by atoms with van der Waals surface area (Å²) in [5.41, 5.74) is 5.02. The monoisotopic (exact) mass is 321 g/mol. The minimum atomic E-state index is -0.223. The molecule has 1 fully saturated rings. The summed E-state index contributed by atoms with van der Waals surface area (Å²) in [5.74, 6) is -0.223. The Hall–Kier alpha value is -2.59. The predicted octanol–water partition coefficient (Wildman–Crippen LogP) is 3.85. The number of nitrogens with one attached hydrogen (secondary N) is 2. The normalized spacial score (nSPS) is 15.0. The van der Waals surface area contributed by atoms with Crippen LogP contribution in [-0.2, 0) is 0 Å². The van der Waals surface area contributed by atoms with Crippen LogP contribution in [0.4, 0.5) is 4.39 Å². The second-order valence-electron chi connectivity index (χ2n) is 6.18. The van der Waals surface area contributed by atoms with Crippen LogP contribution in [0.2, 0.25) is 0 Å². The Morgan fingerprint density at radius 1 is 1.04 bits per heavy atom. The smallest absolute Gasteiger partial charge is 0.123 e. The molecule has 0 unspecified atom stereocenters. The molecule has 2 aromatic carbocycles. The predicted molar refractivity (Wildman–Crippen MR) is 97.2 cm³/mol. The minimum absolute atomic E-state index is 0.223. The highest BCUT2D eigenvalue weighted by atomic mass is 19.1. The van der Waals surface area contributed by atoms with E-state index < -0.39 is 0 Å². The molecule has 0 aliphatic carbocycles. The van der Waals surface area contributed by atoms with Crippen molar-refractivity contribution in [1.29, 1.82) is 0 Å². The molecule has 2 N–H and O–H groups in total. The third-order valence-corrected chi connectivity index (χ3v) is 4.59. The number of aromatic nitrogens is 1. The molecule has 0 atom stereocenters. The molecule has 1 saturated heterocycles. The summed E-state index contributed by atoms with van der Waals surface area (Å²) < 4.78 is 13.4. The summed E-state index contributed by atoms with van der Waals surface area (Å²) in [5, 5.41) is 4.47. The molecular formula is C20H20FN3. The molecule has 3 aromatic rings. The van der Waals surface area contributed by atoms with Crippen molar-refractivity contribution >= 4 is 16.6 Å². The fourth-order valence-corrected chi connectivity index (χ4v) is 3.24. The molecule has 0 spiro atoms. The maximum absolute atomic E-state index is 13.4. The number of nitrogens with zero attached hydrogens (tertiary/aromatic N) is 1. The van der Waals surface area contributed by atoms with Gasteiger partial charge >= 0.3 is 0 Å². The zero-order valence-corrected chi connectivity index (χ0v) is 13.5. The molecule has 24 heavy (non-hydrogen) atoms. The number of H-pyrrole nitrogens is 1. The fourth-order valence-electron chi connectivity index (χ4n) is 3.24. The van der Waals surface area contributed by atoms with Gasteiger partial charge in [-0.05, 0) is 35.9 Å². The Kier molecular flexibility index (Phi) is 3.82. The van der Waals surface area contributed by atoms with Crippen LogP contribution in [0.25, 0.3) is 27.9 Å². The Bertz CT molecular complexity index is 891. The van der Waals surface area contributed by atoms with E-state index in [9.17, 15) is 4.39 Å². The lowest BCUT2D eigenvalue weighted by molar-refractivity contribution is 0.341. The highest BCUT2D eigenvalue weighted by molar-refractivity contribution is 5.88. The third kappa shape index (κ3) is 2.81. The molecule has 0 bridgehead atoms. The zero-order chi connectivity index (χ0) is 16.5. The van der Waals surface area contributed by atoms with Gasteiger partial charge in [-0.15, -0.1) is 0 Å². The lowest BCUT2D eigenvalue weighted by Gasteiger charge is -2.31. The number of hydrogen-bond acceptors (Lipinski definition) is 2. The highest BCUT2D eigenvalue weighted by Gasteiger charge is 2.13. The average Bonchev–Trinajstić information content (AvgIpc) is 3.05. The zero-order valence-electron chi connectivity index (χ0n) is 13.5. The molecule has 0 radical (unpaired) electrons. The van der Waals surface area contributed by atoms with Crippen molar-refractivity contribution in [1.82, 2.24) is 15.2 Å². The van der Waals surface area contributed by atoms with E-state index in [0.29, 0.717) is 0 Å². The van der Waals surface area contributed by atoms with Crippen LogP contribution in [0.5, 0.6) is 0 Å². The van der Waals surface area contributed by atoms with Gasteiger partial charge in [0.25, 0.3) is 0 Å². The van der Waals surface area contributed by atoms with Gasteiger partial charge in [-0.1, -0.05) is 24.8 Å². The topological polar surface area (TPSA) is 31.1 Å². The van der Waals surface area contributed by atoms with Gasteiger partial charge in [0, 0.05) is 54.0 Å². The lowest BCUT2D eigenvalue weighted by Crippen LogP contribution is -2.42. The highest BCUT2D eigenvalue weighted by Crippen LogP contribution is 2.28. The average molecular weight is 321 g/mol. The molecule has 0 saturated carbocycles. The molecule has 3 nitrogen and oxygen atoms in total.